The predicted octanol–water partition coefficient (Wildman–Crippen LogP) is 3.12. The average molecular weight is 247 g/mol. The normalized spacial score (nSPS) is 15.8. The minimum Gasteiger partial charge on any atom is -0.501 e. The van der Waals surface area contributed by atoms with Gasteiger partial charge in [-0.3, -0.25) is 0 Å². The molecule has 0 saturated carbocycles. The summed E-state index contributed by atoms with van der Waals surface area (Å²) in [5.74, 6) is 1.37. The summed E-state index contributed by atoms with van der Waals surface area (Å²) in [5.41, 5.74) is 3.80. The average Bonchev–Trinajstić information content (AvgIpc) is 2.81. The minimum absolute atomic E-state index is 0.337. The molecule has 98 valence electrons. The molecule has 0 fully saturated rings. The van der Waals surface area contributed by atoms with Gasteiger partial charge in [-0.2, -0.15) is 0 Å². The number of rotatable bonds is 6. The minimum atomic E-state index is 0.337. The zero-order valence-corrected chi connectivity index (χ0v) is 11.2. The molecular formula is C15H21NO2. The third kappa shape index (κ3) is 2.66. The Morgan fingerprint density at radius 1 is 1.56 bits per heavy atom. The van der Waals surface area contributed by atoms with Crippen molar-refractivity contribution in [3.63, 3.8) is 0 Å². The monoisotopic (exact) mass is 247 g/mol. The van der Waals surface area contributed by atoms with Crippen LogP contribution in [0, 0.1) is 0 Å². The van der Waals surface area contributed by atoms with Crippen LogP contribution in [-0.2, 0) is 22.4 Å². The second kappa shape index (κ2) is 5.89. The molecule has 1 aliphatic carbocycles. The molecule has 0 amide bonds. The summed E-state index contributed by atoms with van der Waals surface area (Å²) in [6, 6.07) is 2.21. The summed E-state index contributed by atoms with van der Waals surface area (Å²) >= 11 is 0. The zero-order chi connectivity index (χ0) is 13.0. The zero-order valence-electron chi connectivity index (χ0n) is 11.2. The SMILES string of the molecule is CCC[C@H](CC=O)c1cc2c([nH]1)CC=C(OC)C2. The molecule has 1 aromatic rings. The van der Waals surface area contributed by atoms with Crippen molar-refractivity contribution in [2.75, 3.05) is 7.11 Å². The molecule has 0 radical (unpaired) electrons. The quantitative estimate of drug-likeness (QED) is 0.785. The van der Waals surface area contributed by atoms with Crippen LogP contribution < -0.4 is 0 Å². The lowest BCUT2D eigenvalue weighted by Crippen LogP contribution is -2.02. The maximum Gasteiger partial charge on any atom is 0.120 e. The summed E-state index contributed by atoms with van der Waals surface area (Å²) < 4.78 is 5.30. The molecule has 0 bridgehead atoms. The van der Waals surface area contributed by atoms with Gasteiger partial charge >= 0.3 is 0 Å². The maximum atomic E-state index is 10.8. The van der Waals surface area contributed by atoms with Crippen LogP contribution in [-0.4, -0.2) is 18.4 Å². The van der Waals surface area contributed by atoms with E-state index in [4.69, 9.17) is 4.74 Å². The molecule has 3 nitrogen and oxygen atoms in total. The highest BCUT2D eigenvalue weighted by Gasteiger charge is 2.18. The van der Waals surface area contributed by atoms with Gasteiger partial charge in [-0.05, 0) is 24.1 Å². The Kier molecular flexibility index (Phi) is 4.24. The molecule has 1 aliphatic rings. The van der Waals surface area contributed by atoms with Crippen molar-refractivity contribution in [1.82, 2.24) is 4.98 Å². The molecular weight excluding hydrogens is 226 g/mol. The van der Waals surface area contributed by atoms with Gasteiger partial charge in [0, 0.05) is 36.6 Å². The van der Waals surface area contributed by atoms with Gasteiger partial charge in [-0.25, -0.2) is 0 Å². The van der Waals surface area contributed by atoms with Crippen LogP contribution >= 0.6 is 0 Å². The Balaban J connectivity index is 2.16. The Hall–Kier alpha value is -1.51. The van der Waals surface area contributed by atoms with E-state index in [0.717, 1.165) is 37.7 Å². The summed E-state index contributed by atoms with van der Waals surface area (Å²) in [6.07, 6.45) is 7.68. The topological polar surface area (TPSA) is 42.1 Å². The molecule has 0 spiro atoms. The fraction of sp³-hybridized carbons (Fsp3) is 0.533. The van der Waals surface area contributed by atoms with Crippen molar-refractivity contribution < 1.29 is 9.53 Å². The van der Waals surface area contributed by atoms with Crippen LogP contribution in [0.25, 0.3) is 0 Å². The fourth-order valence-corrected chi connectivity index (χ4v) is 2.62. The summed E-state index contributed by atoms with van der Waals surface area (Å²) in [6.45, 7) is 2.16. The lowest BCUT2D eigenvalue weighted by molar-refractivity contribution is -0.108. The maximum absolute atomic E-state index is 10.8. The summed E-state index contributed by atoms with van der Waals surface area (Å²) in [5, 5.41) is 0. The molecule has 0 unspecified atom stereocenters. The molecule has 0 saturated heterocycles. The first-order valence-corrected chi connectivity index (χ1v) is 6.65. The number of aromatic nitrogens is 1. The first-order valence-electron chi connectivity index (χ1n) is 6.65. The lowest BCUT2D eigenvalue weighted by atomic mass is 9.96. The number of H-pyrrole nitrogens is 1. The van der Waals surface area contributed by atoms with E-state index >= 15 is 0 Å². The number of nitrogens with one attached hydrogen (secondary N) is 1. The van der Waals surface area contributed by atoms with Crippen LogP contribution in [0.15, 0.2) is 17.9 Å². The van der Waals surface area contributed by atoms with E-state index in [0.29, 0.717) is 12.3 Å². The van der Waals surface area contributed by atoms with Crippen molar-refractivity contribution in [3.8, 4) is 0 Å². The van der Waals surface area contributed by atoms with Crippen molar-refractivity contribution >= 4 is 6.29 Å². The molecule has 1 heterocycles. The van der Waals surface area contributed by atoms with E-state index in [1.807, 2.05) is 0 Å². The fourth-order valence-electron chi connectivity index (χ4n) is 2.62. The van der Waals surface area contributed by atoms with E-state index in [1.54, 1.807) is 7.11 Å². The predicted molar refractivity (Wildman–Crippen MR) is 71.6 cm³/mol. The summed E-state index contributed by atoms with van der Waals surface area (Å²) in [4.78, 5) is 14.2. The Morgan fingerprint density at radius 3 is 3.06 bits per heavy atom. The number of carbonyl (C=O) groups is 1. The number of methoxy groups -OCH3 is 1. The molecule has 1 N–H and O–H groups in total. The van der Waals surface area contributed by atoms with Crippen molar-refractivity contribution in [3.05, 3.63) is 34.9 Å². The molecule has 1 aromatic heterocycles. The van der Waals surface area contributed by atoms with Gasteiger partial charge in [0.1, 0.15) is 6.29 Å². The molecule has 2 rings (SSSR count). The highest BCUT2D eigenvalue weighted by Crippen LogP contribution is 2.29. The van der Waals surface area contributed by atoms with Gasteiger partial charge in [0.2, 0.25) is 0 Å². The van der Waals surface area contributed by atoms with Gasteiger partial charge in [-0.1, -0.05) is 13.3 Å². The van der Waals surface area contributed by atoms with Crippen molar-refractivity contribution in [1.29, 1.82) is 0 Å². The third-order valence-electron chi connectivity index (χ3n) is 3.63. The van der Waals surface area contributed by atoms with Gasteiger partial charge in [0.05, 0.1) is 12.9 Å². The Morgan fingerprint density at radius 2 is 2.39 bits per heavy atom. The van der Waals surface area contributed by atoms with Crippen LogP contribution in [0.3, 0.4) is 0 Å². The van der Waals surface area contributed by atoms with Crippen molar-refractivity contribution in [2.45, 2.75) is 44.9 Å². The number of aldehydes is 1. The number of hydrogen-bond acceptors (Lipinski definition) is 2. The van der Waals surface area contributed by atoms with E-state index < -0.39 is 0 Å². The van der Waals surface area contributed by atoms with E-state index in [-0.39, 0.29) is 0 Å². The second-order valence-electron chi connectivity index (χ2n) is 4.87. The van der Waals surface area contributed by atoms with Gasteiger partial charge in [-0.15, -0.1) is 0 Å². The largest absolute Gasteiger partial charge is 0.501 e. The van der Waals surface area contributed by atoms with Gasteiger partial charge < -0.3 is 14.5 Å². The summed E-state index contributed by atoms with van der Waals surface area (Å²) in [7, 11) is 1.72. The van der Waals surface area contributed by atoms with Crippen molar-refractivity contribution in [2.24, 2.45) is 0 Å². The van der Waals surface area contributed by atoms with Crippen LogP contribution in [0.1, 0.15) is 49.1 Å². The molecule has 18 heavy (non-hydrogen) atoms. The Labute approximate surface area is 108 Å². The molecule has 0 aliphatic heterocycles. The highest BCUT2D eigenvalue weighted by molar-refractivity contribution is 5.51. The number of hydrogen-bond donors (Lipinski definition) is 1. The first kappa shape index (κ1) is 12.9. The number of ether oxygens (including phenoxy) is 1. The smallest absolute Gasteiger partial charge is 0.120 e. The number of allylic oxidation sites excluding steroid dienone is 2. The highest BCUT2D eigenvalue weighted by atomic mass is 16.5. The number of carbonyl (C=O) groups excluding carboxylic acids is 1. The lowest BCUT2D eigenvalue weighted by Gasteiger charge is -2.11. The third-order valence-corrected chi connectivity index (χ3v) is 3.63. The molecule has 1 atom stereocenters. The number of aromatic amines is 1. The van der Waals surface area contributed by atoms with Gasteiger partial charge in [0.25, 0.3) is 0 Å². The first-order chi connectivity index (χ1) is 8.78. The van der Waals surface area contributed by atoms with Crippen LogP contribution in [0.2, 0.25) is 0 Å². The van der Waals surface area contributed by atoms with Gasteiger partial charge in [0.15, 0.2) is 0 Å². The van der Waals surface area contributed by atoms with Crippen LogP contribution in [0.5, 0.6) is 0 Å². The second-order valence-corrected chi connectivity index (χ2v) is 4.87. The Bertz CT molecular complexity index is 445. The van der Waals surface area contributed by atoms with Crippen LogP contribution in [0.4, 0.5) is 0 Å². The van der Waals surface area contributed by atoms with E-state index in [2.05, 4.69) is 24.1 Å². The van der Waals surface area contributed by atoms with E-state index in [9.17, 15) is 4.79 Å². The van der Waals surface area contributed by atoms with E-state index in [1.165, 1.54) is 17.0 Å². The molecule has 3 heteroatoms. The molecule has 0 aromatic carbocycles. The standard InChI is InChI=1S/C15H21NO2/c1-3-4-11(7-8-17)15-10-12-9-13(18-2)5-6-14(12)16-15/h5,8,10-11,16H,3-4,6-7,9H2,1-2H3/t11-/m1/s1. The number of fused-ring (bicyclic) bond motifs is 1.